The van der Waals surface area contributed by atoms with E-state index in [1.54, 1.807) is 18.3 Å². The lowest BCUT2D eigenvalue weighted by molar-refractivity contribution is 0.626. The number of anilines is 1. The highest BCUT2D eigenvalue weighted by Gasteiger charge is 2.09. The standard InChI is InChI=1S/C25H18FN7/c26-18-11-9-16(10-12-18)14-33-15-17(19-5-2-4-8-22(19)33)13-27-31-25-29-24-23(30-32-25)20-6-1-3-7-21(20)28-24/h1-13,15H,14H2,(H2,28,29,31,32). The molecule has 0 radical (unpaired) electrons. The molecule has 3 aromatic carbocycles. The smallest absolute Gasteiger partial charge is 0.265 e. The van der Waals surface area contributed by atoms with E-state index in [-0.39, 0.29) is 5.82 Å². The van der Waals surface area contributed by atoms with Gasteiger partial charge in [-0.15, -0.1) is 10.2 Å². The van der Waals surface area contributed by atoms with Gasteiger partial charge in [0.25, 0.3) is 5.95 Å². The highest BCUT2D eigenvalue weighted by atomic mass is 19.1. The van der Waals surface area contributed by atoms with E-state index < -0.39 is 0 Å². The quantitative estimate of drug-likeness (QED) is 0.292. The highest BCUT2D eigenvalue weighted by Crippen LogP contribution is 2.23. The second-order valence-corrected chi connectivity index (χ2v) is 7.73. The Balaban J connectivity index is 1.28. The molecule has 0 saturated carbocycles. The van der Waals surface area contributed by atoms with Crippen molar-refractivity contribution in [1.82, 2.24) is 24.7 Å². The molecular weight excluding hydrogens is 417 g/mol. The molecule has 0 aliphatic rings. The molecule has 0 saturated heterocycles. The van der Waals surface area contributed by atoms with Crippen LogP contribution in [0.25, 0.3) is 33.0 Å². The van der Waals surface area contributed by atoms with E-state index in [9.17, 15) is 4.39 Å². The van der Waals surface area contributed by atoms with Crippen molar-refractivity contribution < 1.29 is 4.39 Å². The van der Waals surface area contributed by atoms with Crippen LogP contribution in [0, 0.1) is 5.82 Å². The van der Waals surface area contributed by atoms with Gasteiger partial charge in [-0.2, -0.15) is 10.1 Å². The van der Waals surface area contributed by atoms with Crippen LogP contribution in [0.4, 0.5) is 10.3 Å². The van der Waals surface area contributed by atoms with Crippen LogP contribution in [0.3, 0.4) is 0 Å². The summed E-state index contributed by atoms with van der Waals surface area (Å²) in [7, 11) is 0. The van der Waals surface area contributed by atoms with Crippen LogP contribution in [0.2, 0.25) is 0 Å². The number of aromatic amines is 1. The molecule has 0 spiro atoms. The number of rotatable bonds is 5. The Morgan fingerprint density at radius 2 is 1.73 bits per heavy atom. The van der Waals surface area contributed by atoms with Gasteiger partial charge in [-0.1, -0.05) is 48.5 Å². The number of hydrazone groups is 1. The lowest BCUT2D eigenvalue weighted by Gasteiger charge is -2.05. The van der Waals surface area contributed by atoms with Crippen LogP contribution < -0.4 is 5.43 Å². The maximum Gasteiger partial charge on any atom is 0.265 e. The van der Waals surface area contributed by atoms with Crippen molar-refractivity contribution in [3.63, 3.8) is 0 Å². The Labute approximate surface area is 187 Å². The van der Waals surface area contributed by atoms with Crippen molar-refractivity contribution in [3.8, 4) is 0 Å². The van der Waals surface area contributed by atoms with Gasteiger partial charge < -0.3 is 9.55 Å². The fourth-order valence-electron chi connectivity index (χ4n) is 4.02. The number of fused-ring (bicyclic) bond motifs is 4. The molecule has 0 amide bonds. The van der Waals surface area contributed by atoms with Crippen LogP contribution in [0.1, 0.15) is 11.1 Å². The summed E-state index contributed by atoms with van der Waals surface area (Å²) < 4.78 is 15.4. The third-order valence-electron chi connectivity index (χ3n) is 5.58. The van der Waals surface area contributed by atoms with Gasteiger partial charge in [0.2, 0.25) is 0 Å². The molecule has 160 valence electrons. The molecular formula is C25H18FN7. The largest absolute Gasteiger partial charge is 0.342 e. The Bertz CT molecular complexity index is 1630. The fourth-order valence-corrected chi connectivity index (χ4v) is 4.02. The van der Waals surface area contributed by atoms with Gasteiger partial charge in [0.1, 0.15) is 11.3 Å². The van der Waals surface area contributed by atoms with E-state index in [0.717, 1.165) is 38.4 Å². The molecule has 0 unspecified atom stereocenters. The summed E-state index contributed by atoms with van der Waals surface area (Å²) in [5.74, 6) is 0.0673. The molecule has 0 bridgehead atoms. The lowest BCUT2D eigenvalue weighted by atomic mass is 10.2. The van der Waals surface area contributed by atoms with Gasteiger partial charge in [-0.05, 0) is 29.8 Å². The molecule has 3 aromatic heterocycles. The number of nitrogens with zero attached hydrogens (tertiary/aromatic N) is 5. The molecule has 0 fully saturated rings. The molecule has 7 nitrogen and oxygen atoms in total. The predicted molar refractivity (Wildman–Crippen MR) is 128 cm³/mol. The normalized spacial score (nSPS) is 11.8. The van der Waals surface area contributed by atoms with E-state index in [0.29, 0.717) is 18.1 Å². The summed E-state index contributed by atoms with van der Waals surface area (Å²) in [6, 6.07) is 22.5. The van der Waals surface area contributed by atoms with Crippen LogP contribution in [-0.2, 0) is 6.54 Å². The molecule has 33 heavy (non-hydrogen) atoms. The van der Waals surface area contributed by atoms with E-state index in [1.165, 1.54) is 12.1 Å². The number of nitrogens with one attached hydrogen (secondary N) is 2. The Hall–Kier alpha value is -4.59. The van der Waals surface area contributed by atoms with E-state index >= 15 is 0 Å². The van der Waals surface area contributed by atoms with Crippen LogP contribution >= 0.6 is 0 Å². The van der Waals surface area contributed by atoms with Crippen LogP contribution in [0.5, 0.6) is 0 Å². The van der Waals surface area contributed by atoms with Gasteiger partial charge in [-0.25, -0.2) is 9.82 Å². The number of halogens is 1. The number of benzene rings is 3. The van der Waals surface area contributed by atoms with Crippen LogP contribution in [0.15, 0.2) is 84.1 Å². The Kier molecular flexibility index (Phi) is 4.54. The zero-order valence-electron chi connectivity index (χ0n) is 17.4. The van der Waals surface area contributed by atoms with Crippen molar-refractivity contribution in [3.05, 3.63) is 95.9 Å². The van der Waals surface area contributed by atoms with Crippen molar-refractivity contribution in [2.24, 2.45) is 5.10 Å². The fraction of sp³-hybridized carbons (Fsp3) is 0.0400. The van der Waals surface area contributed by atoms with Crippen molar-refractivity contribution in [2.75, 3.05) is 5.43 Å². The van der Waals surface area contributed by atoms with Gasteiger partial charge in [0.15, 0.2) is 5.65 Å². The number of aromatic nitrogens is 5. The summed E-state index contributed by atoms with van der Waals surface area (Å²) in [5, 5.41) is 14.8. The molecule has 2 N–H and O–H groups in total. The minimum Gasteiger partial charge on any atom is -0.342 e. The van der Waals surface area contributed by atoms with E-state index in [4.69, 9.17) is 0 Å². The van der Waals surface area contributed by atoms with Crippen molar-refractivity contribution in [1.29, 1.82) is 0 Å². The molecule has 3 heterocycles. The monoisotopic (exact) mass is 435 g/mol. The highest BCUT2D eigenvalue weighted by molar-refractivity contribution is 6.03. The number of hydrogen-bond donors (Lipinski definition) is 2. The molecule has 6 rings (SSSR count). The molecule has 0 aliphatic carbocycles. The average Bonchev–Trinajstić information content (AvgIpc) is 3.38. The van der Waals surface area contributed by atoms with Crippen molar-refractivity contribution in [2.45, 2.75) is 6.54 Å². The second kappa shape index (κ2) is 7.83. The molecule has 0 atom stereocenters. The third-order valence-corrected chi connectivity index (χ3v) is 5.58. The minimum absolute atomic E-state index is 0.239. The minimum atomic E-state index is -0.239. The Morgan fingerprint density at radius 3 is 2.61 bits per heavy atom. The summed E-state index contributed by atoms with van der Waals surface area (Å²) in [6.45, 7) is 0.631. The maximum atomic E-state index is 13.3. The summed E-state index contributed by atoms with van der Waals surface area (Å²) in [5.41, 5.74) is 8.25. The van der Waals surface area contributed by atoms with Gasteiger partial charge in [-0.3, -0.25) is 0 Å². The first-order chi connectivity index (χ1) is 16.2. The molecule has 0 aliphatic heterocycles. The van der Waals surface area contributed by atoms with E-state index in [1.807, 2.05) is 48.7 Å². The third kappa shape index (κ3) is 3.57. The maximum absolute atomic E-state index is 13.3. The number of H-pyrrole nitrogens is 1. The average molecular weight is 435 g/mol. The van der Waals surface area contributed by atoms with Crippen LogP contribution in [-0.4, -0.2) is 30.9 Å². The predicted octanol–water partition coefficient (Wildman–Crippen LogP) is 5.09. The summed E-state index contributed by atoms with van der Waals surface area (Å²) >= 11 is 0. The SMILES string of the molecule is Fc1ccc(Cn2cc(C=NNc3nnc4c(n3)[nH]c3ccccc34)c3ccccc32)cc1. The first-order valence-electron chi connectivity index (χ1n) is 10.5. The van der Waals surface area contributed by atoms with E-state index in [2.05, 4.69) is 41.3 Å². The number of para-hydroxylation sites is 2. The first kappa shape index (κ1) is 19.1. The summed E-state index contributed by atoms with van der Waals surface area (Å²) in [6.07, 6.45) is 3.77. The Morgan fingerprint density at radius 1 is 0.939 bits per heavy atom. The van der Waals surface area contributed by atoms with Crippen molar-refractivity contribution >= 4 is 45.1 Å². The second-order valence-electron chi connectivity index (χ2n) is 7.73. The zero-order chi connectivity index (χ0) is 22.2. The molecule has 6 aromatic rings. The zero-order valence-corrected chi connectivity index (χ0v) is 17.4. The van der Waals surface area contributed by atoms with Gasteiger partial charge >= 0.3 is 0 Å². The topological polar surface area (TPSA) is 83.8 Å². The van der Waals surface area contributed by atoms with Gasteiger partial charge in [0.05, 0.1) is 6.21 Å². The number of hydrogen-bond acceptors (Lipinski definition) is 5. The first-order valence-corrected chi connectivity index (χ1v) is 10.5. The lowest BCUT2D eigenvalue weighted by Crippen LogP contribution is -1.99. The molecule has 8 heteroatoms. The van der Waals surface area contributed by atoms with Gasteiger partial charge in [0, 0.05) is 40.1 Å². The summed E-state index contributed by atoms with van der Waals surface area (Å²) in [4.78, 5) is 7.73.